The average molecular weight is 293 g/mol. The number of hydrogen-bond acceptors (Lipinski definition) is 4. The molecule has 0 aromatic heterocycles. The van der Waals surface area contributed by atoms with Gasteiger partial charge >= 0.3 is 0 Å². The number of methoxy groups -OCH3 is 1. The maximum atomic E-state index is 12.8. The third-order valence-electron chi connectivity index (χ3n) is 3.69. The number of ketones is 2. The Kier molecular flexibility index (Phi) is 3.51. The quantitative estimate of drug-likeness (QED) is 0.751. The van der Waals surface area contributed by atoms with Crippen molar-refractivity contribution in [2.75, 3.05) is 19.0 Å². The molecule has 3 rings (SSSR count). The van der Waals surface area contributed by atoms with Crippen LogP contribution >= 0.6 is 0 Å². The van der Waals surface area contributed by atoms with Crippen molar-refractivity contribution < 1.29 is 14.3 Å². The van der Waals surface area contributed by atoms with Crippen LogP contribution in [0.2, 0.25) is 0 Å². The number of nitrogens with one attached hydrogen (secondary N) is 1. The van der Waals surface area contributed by atoms with Crippen molar-refractivity contribution >= 4 is 17.3 Å². The van der Waals surface area contributed by atoms with Gasteiger partial charge in [0.05, 0.1) is 18.2 Å². The lowest BCUT2D eigenvalue weighted by Crippen LogP contribution is -2.23. The Morgan fingerprint density at radius 2 is 1.68 bits per heavy atom. The molecule has 0 aliphatic heterocycles. The normalized spacial score (nSPS) is 12.4. The molecule has 22 heavy (non-hydrogen) atoms. The van der Waals surface area contributed by atoms with Gasteiger partial charge in [-0.3, -0.25) is 9.59 Å². The van der Waals surface area contributed by atoms with E-state index in [0.29, 0.717) is 40.2 Å². The van der Waals surface area contributed by atoms with Crippen LogP contribution in [0, 0.1) is 0 Å². The number of carbonyl (C=O) groups is 2. The number of ether oxygens (including phenoxy) is 1. The SMILES string of the molecule is C=CCNc1ccc(OC)c2c1C(=O)c1ccccc1C2=O. The van der Waals surface area contributed by atoms with Gasteiger partial charge in [-0.2, -0.15) is 0 Å². The molecular weight excluding hydrogens is 278 g/mol. The van der Waals surface area contributed by atoms with Crippen molar-refractivity contribution in [2.24, 2.45) is 0 Å². The molecule has 2 aromatic carbocycles. The molecule has 1 aliphatic rings. The number of rotatable bonds is 4. The third kappa shape index (κ3) is 2.00. The van der Waals surface area contributed by atoms with Crippen molar-refractivity contribution in [3.8, 4) is 5.75 Å². The molecule has 0 unspecified atom stereocenters. The van der Waals surface area contributed by atoms with E-state index in [1.807, 2.05) is 0 Å². The van der Waals surface area contributed by atoms with Gasteiger partial charge in [0, 0.05) is 23.4 Å². The summed E-state index contributed by atoms with van der Waals surface area (Å²) in [5.41, 5.74) is 2.14. The third-order valence-corrected chi connectivity index (χ3v) is 3.69. The highest BCUT2D eigenvalue weighted by molar-refractivity contribution is 6.31. The summed E-state index contributed by atoms with van der Waals surface area (Å²) in [5.74, 6) is 0.0481. The fourth-order valence-corrected chi connectivity index (χ4v) is 2.69. The molecule has 4 nitrogen and oxygen atoms in total. The predicted molar refractivity (Wildman–Crippen MR) is 85.0 cm³/mol. The van der Waals surface area contributed by atoms with Crippen molar-refractivity contribution in [2.45, 2.75) is 0 Å². The molecule has 4 heteroatoms. The van der Waals surface area contributed by atoms with Gasteiger partial charge in [-0.05, 0) is 12.1 Å². The summed E-state index contributed by atoms with van der Waals surface area (Å²) in [6.07, 6.45) is 1.69. The van der Waals surface area contributed by atoms with Crippen LogP contribution in [0.15, 0.2) is 49.1 Å². The van der Waals surface area contributed by atoms with Gasteiger partial charge in [0.25, 0.3) is 0 Å². The summed E-state index contributed by atoms with van der Waals surface area (Å²) < 4.78 is 5.28. The van der Waals surface area contributed by atoms with Crippen molar-refractivity contribution in [1.82, 2.24) is 0 Å². The lowest BCUT2D eigenvalue weighted by atomic mass is 9.82. The van der Waals surface area contributed by atoms with E-state index >= 15 is 0 Å². The number of fused-ring (bicyclic) bond motifs is 2. The number of carbonyl (C=O) groups excluding carboxylic acids is 2. The summed E-state index contributed by atoms with van der Waals surface area (Å²) >= 11 is 0. The second-order valence-corrected chi connectivity index (χ2v) is 4.94. The van der Waals surface area contributed by atoms with Crippen LogP contribution in [0.4, 0.5) is 5.69 Å². The standard InChI is InChI=1S/C18H15NO3/c1-3-10-19-13-8-9-14(22-2)16-15(13)17(20)11-6-4-5-7-12(11)18(16)21/h3-9,19H,1,10H2,2H3. The van der Waals surface area contributed by atoms with Gasteiger partial charge in [0.1, 0.15) is 5.75 Å². The fourth-order valence-electron chi connectivity index (χ4n) is 2.69. The zero-order valence-electron chi connectivity index (χ0n) is 12.2. The molecule has 1 aliphatic carbocycles. The number of benzene rings is 2. The Balaban J connectivity index is 2.27. The summed E-state index contributed by atoms with van der Waals surface area (Å²) in [7, 11) is 1.49. The highest BCUT2D eigenvalue weighted by Gasteiger charge is 2.34. The average Bonchev–Trinajstić information content (AvgIpc) is 2.57. The van der Waals surface area contributed by atoms with Crippen LogP contribution in [0.25, 0.3) is 0 Å². The largest absolute Gasteiger partial charge is 0.496 e. The topological polar surface area (TPSA) is 55.4 Å². The van der Waals surface area contributed by atoms with Crippen molar-refractivity contribution in [3.63, 3.8) is 0 Å². The van der Waals surface area contributed by atoms with Crippen LogP contribution in [-0.4, -0.2) is 25.2 Å². The second kappa shape index (κ2) is 5.48. The summed E-state index contributed by atoms with van der Waals surface area (Å²) in [4.78, 5) is 25.6. The molecule has 0 saturated carbocycles. The molecule has 110 valence electrons. The zero-order valence-corrected chi connectivity index (χ0v) is 12.2. The van der Waals surface area contributed by atoms with E-state index in [9.17, 15) is 9.59 Å². The van der Waals surface area contributed by atoms with Gasteiger partial charge in [-0.15, -0.1) is 6.58 Å². The van der Waals surface area contributed by atoms with Crippen molar-refractivity contribution in [1.29, 1.82) is 0 Å². The molecule has 0 heterocycles. The molecule has 0 fully saturated rings. The first-order valence-corrected chi connectivity index (χ1v) is 6.93. The smallest absolute Gasteiger partial charge is 0.198 e. The first kappa shape index (κ1) is 14.1. The molecule has 0 radical (unpaired) electrons. The van der Waals surface area contributed by atoms with Crippen LogP contribution in [0.3, 0.4) is 0 Å². The highest BCUT2D eigenvalue weighted by atomic mass is 16.5. The molecule has 0 saturated heterocycles. The van der Waals surface area contributed by atoms with E-state index in [1.165, 1.54) is 7.11 Å². The summed E-state index contributed by atoms with van der Waals surface area (Å²) in [6.45, 7) is 4.15. The first-order valence-electron chi connectivity index (χ1n) is 6.93. The molecule has 0 spiro atoms. The second-order valence-electron chi connectivity index (χ2n) is 4.94. The first-order chi connectivity index (χ1) is 10.7. The maximum Gasteiger partial charge on any atom is 0.198 e. The minimum atomic E-state index is -0.190. The molecule has 2 aromatic rings. The van der Waals surface area contributed by atoms with E-state index in [4.69, 9.17) is 4.74 Å². The Morgan fingerprint density at radius 3 is 2.27 bits per heavy atom. The molecule has 0 atom stereocenters. The Hall–Kier alpha value is -2.88. The summed E-state index contributed by atoms with van der Waals surface area (Å²) in [5, 5.41) is 3.11. The Bertz CT molecular complexity index is 793. The van der Waals surface area contributed by atoms with Gasteiger partial charge in [-0.1, -0.05) is 30.3 Å². The molecule has 0 amide bonds. The molecule has 1 N–H and O–H groups in total. The van der Waals surface area contributed by atoms with Gasteiger partial charge in [-0.25, -0.2) is 0 Å². The zero-order chi connectivity index (χ0) is 15.7. The van der Waals surface area contributed by atoms with Crippen LogP contribution in [0.1, 0.15) is 31.8 Å². The van der Waals surface area contributed by atoms with Crippen LogP contribution in [-0.2, 0) is 0 Å². The number of hydrogen-bond donors (Lipinski definition) is 1. The molecule has 0 bridgehead atoms. The lowest BCUT2D eigenvalue weighted by molar-refractivity contribution is 0.0977. The van der Waals surface area contributed by atoms with Gasteiger partial charge in [0.15, 0.2) is 11.6 Å². The fraction of sp³-hybridized carbons (Fsp3) is 0.111. The molecular formula is C18H15NO3. The van der Waals surface area contributed by atoms with E-state index in [0.717, 1.165) is 0 Å². The van der Waals surface area contributed by atoms with Gasteiger partial charge < -0.3 is 10.1 Å². The van der Waals surface area contributed by atoms with E-state index < -0.39 is 0 Å². The lowest BCUT2D eigenvalue weighted by Gasteiger charge is -2.22. The maximum absolute atomic E-state index is 12.8. The van der Waals surface area contributed by atoms with Crippen molar-refractivity contribution in [3.05, 3.63) is 71.3 Å². The van der Waals surface area contributed by atoms with Crippen LogP contribution in [0.5, 0.6) is 5.75 Å². The highest BCUT2D eigenvalue weighted by Crippen LogP contribution is 2.37. The minimum absolute atomic E-state index is 0.171. The summed E-state index contributed by atoms with van der Waals surface area (Å²) in [6, 6.07) is 10.3. The van der Waals surface area contributed by atoms with E-state index in [2.05, 4.69) is 11.9 Å². The monoisotopic (exact) mass is 293 g/mol. The minimum Gasteiger partial charge on any atom is -0.496 e. The van der Waals surface area contributed by atoms with Crippen LogP contribution < -0.4 is 10.1 Å². The number of anilines is 1. The van der Waals surface area contributed by atoms with Gasteiger partial charge in [0.2, 0.25) is 0 Å². The Morgan fingerprint density at radius 1 is 1.05 bits per heavy atom. The Labute approximate surface area is 128 Å². The predicted octanol–water partition coefficient (Wildman–Crippen LogP) is 3.07. The van der Waals surface area contributed by atoms with E-state index in [-0.39, 0.29) is 11.6 Å². The van der Waals surface area contributed by atoms with E-state index in [1.54, 1.807) is 42.5 Å².